The molecule has 1 aliphatic heterocycles. The van der Waals surface area contributed by atoms with Crippen molar-refractivity contribution in [3.8, 4) is 0 Å². The van der Waals surface area contributed by atoms with Crippen molar-refractivity contribution in [2.24, 2.45) is 0 Å². The molecule has 1 fully saturated rings. The minimum atomic E-state index is -4.49. The fourth-order valence-electron chi connectivity index (χ4n) is 5.88. The third kappa shape index (κ3) is 8.56. The Balaban J connectivity index is 1.34. The van der Waals surface area contributed by atoms with Gasteiger partial charge in [-0.05, 0) is 78.1 Å². The van der Waals surface area contributed by atoms with Crippen molar-refractivity contribution in [3.63, 3.8) is 0 Å². The van der Waals surface area contributed by atoms with Crippen LogP contribution in [0.15, 0.2) is 108 Å². The number of rotatable bonds is 12. The predicted octanol–water partition coefficient (Wildman–Crippen LogP) is 6.46. The maximum atomic E-state index is 14.0. The summed E-state index contributed by atoms with van der Waals surface area (Å²) in [5, 5.41) is 12.8. The summed E-state index contributed by atoms with van der Waals surface area (Å²) >= 11 is 0. The second kappa shape index (κ2) is 15.4. The van der Waals surface area contributed by atoms with Crippen LogP contribution < -0.4 is 10.2 Å². The van der Waals surface area contributed by atoms with Crippen LogP contribution in [-0.4, -0.2) is 50.3 Å². The average Bonchev–Trinajstić information content (AvgIpc) is 3.11. The number of aliphatic hydroxyl groups is 1. The lowest BCUT2D eigenvalue weighted by Crippen LogP contribution is -2.49. The molecule has 5 rings (SSSR count). The zero-order valence-corrected chi connectivity index (χ0v) is 27.6. The van der Waals surface area contributed by atoms with E-state index in [9.17, 15) is 36.3 Å². The van der Waals surface area contributed by atoms with Gasteiger partial charge in [0.1, 0.15) is 0 Å². The van der Waals surface area contributed by atoms with E-state index in [1.807, 2.05) is 30.3 Å². The Labute approximate surface area is 283 Å². The van der Waals surface area contributed by atoms with Crippen molar-refractivity contribution in [1.82, 2.24) is 5.32 Å². The number of amides is 2. The molecular formula is C37H37F3N2O6S. The van der Waals surface area contributed by atoms with Gasteiger partial charge in [-0.1, -0.05) is 61.5 Å². The number of sulfone groups is 1. The Morgan fingerprint density at radius 2 is 1.59 bits per heavy atom. The Morgan fingerprint density at radius 3 is 2.18 bits per heavy atom. The highest BCUT2D eigenvalue weighted by atomic mass is 32.2. The van der Waals surface area contributed by atoms with Gasteiger partial charge in [0.15, 0.2) is 9.84 Å². The molecular weight excluding hydrogens is 657 g/mol. The van der Waals surface area contributed by atoms with Gasteiger partial charge in [0.2, 0.25) is 5.91 Å². The molecule has 4 aromatic rings. The van der Waals surface area contributed by atoms with Gasteiger partial charge in [-0.25, -0.2) is 8.42 Å². The molecule has 0 bridgehead atoms. The second-order valence-corrected chi connectivity index (χ2v) is 14.1. The monoisotopic (exact) mass is 694 g/mol. The summed E-state index contributed by atoms with van der Waals surface area (Å²) in [4.78, 5) is 29.0. The molecule has 1 heterocycles. The molecule has 2 amide bonds. The minimum absolute atomic E-state index is 0.0529. The lowest BCUT2D eigenvalue weighted by Gasteiger charge is -2.39. The van der Waals surface area contributed by atoms with Crippen LogP contribution in [0.25, 0.3) is 0 Å². The number of ether oxygens (including phenoxy) is 1. The van der Waals surface area contributed by atoms with Gasteiger partial charge < -0.3 is 20.1 Å². The fraction of sp³-hybridized carbons (Fsp3) is 0.297. The summed E-state index contributed by atoms with van der Waals surface area (Å²) in [7, 11) is -3.41. The molecule has 1 aliphatic rings. The number of nitrogens with zero attached hydrogens (tertiary/aromatic N) is 1. The van der Waals surface area contributed by atoms with E-state index in [1.54, 1.807) is 48.2 Å². The Kier molecular flexibility index (Phi) is 11.2. The van der Waals surface area contributed by atoms with E-state index in [1.165, 1.54) is 24.3 Å². The number of hydrogen-bond acceptors (Lipinski definition) is 6. The lowest BCUT2D eigenvalue weighted by molar-refractivity contribution is -0.137. The van der Waals surface area contributed by atoms with Crippen LogP contribution >= 0.6 is 0 Å². The number of hydrogen-bond donors (Lipinski definition) is 2. The van der Waals surface area contributed by atoms with E-state index in [0.29, 0.717) is 36.3 Å². The normalized spacial score (nSPS) is 17.5. The Hall–Kier alpha value is -4.52. The van der Waals surface area contributed by atoms with Crippen LogP contribution in [0.4, 0.5) is 18.9 Å². The summed E-state index contributed by atoms with van der Waals surface area (Å²) in [5.41, 5.74) is 1.94. The molecule has 3 atom stereocenters. The van der Waals surface area contributed by atoms with E-state index in [2.05, 4.69) is 5.32 Å². The summed E-state index contributed by atoms with van der Waals surface area (Å²) in [5.74, 6) is -1.50. The zero-order valence-electron chi connectivity index (χ0n) is 26.8. The highest BCUT2D eigenvalue weighted by molar-refractivity contribution is 7.91. The number of anilines is 1. The highest BCUT2D eigenvalue weighted by Crippen LogP contribution is 2.37. The number of carbonyl (C=O) groups excluding carboxylic acids is 2. The van der Waals surface area contributed by atoms with Gasteiger partial charge in [-0.3, -0.25) is 9.59 Å². The molecule has 2 N–H and O–H groups in total. The number of halogens is 3. The number of carbonyl (C=O) groups is 2. The van der Waals surface area contributed by atoms with Crippen LogP contribution in [0.3, 0.4) is 0 Å². The largest absolute Gasteiger partial charge is 0.416 e. The topological polar surface area (TPSA) is 113 Å². The van der Waals surface area contributed by atoms with E-state index in [4.69, 9.17) is 4.74 Å². The van der Waals surface area contributed by atoms with Crippen LogP contribution in [0, 0.1) is 0 Å². The van der Waals surface area contributed by atoms with E-state index < -0.39 is 46.1 Å². The summed E-state index contributed by atoms with van der Waals surface area (Å²) in [6, 6.07) is 25.4. The van der Waals surface area contributed by atoms with Crippen molar-refractivity contribution in [2.45, 2.75) is 55.4 Å². The molecule has 0 aromatic heterocycles. The molecule has 1 saturated heterocycles. The molecule has 8 nitrogen and oxygen atoms in total. The van der Waals surface area contributed by atoms with Crippen molar-refractivity contribution < 1.29 is 41.0 Å². The third-order valence-electron chi connectivity index (χ3n) is 8.67. The van der Waals surface area contributed by atoms with E-state index in [-0.39, 0.29) is 34.8 Å². The minimum Gasteiger partial charge on any atom is -0.394 e. The van der Waals surface area contributed by atoms with Gasteiger partial charge >= 0.3 is 6.18 Å². The predicted molar refractivity (Wildman–Crippen MR) is 179 cm³/mol. The lowest BCUT2D eigenvalue weighted by atomic mass is 9.85. The number of aliphatic hydroxyl groups excluding tert-OH is 1. The molecule has 49 heavy (non-hydrogen) atoms. The summed E-state index contributed by atoms with van der Waals surface area (Å²) < 4.78 is 69.9. The van der Waals surface area contributed by atoms with Crippen LogP contribution in [-0.2, 0) is 32.2 Å². The van der Waals surface area contributed by atoms with Crippen LogP contribution in [0.2, 0.25) is 0 Å². The molecule has 258 valence electrons. The fourth-order valence-corrected chi connectivity index (χ4v) is 6.76. The highest BCUT2D eigenvalue weighted by Gasteiger charge is 2.38. The van der Waals surface area contributed by atoms with Gasteiger partial charge in [-0.2, -0.15) is 13.2 Å². The van der Waals surface area contributed by atoms with E-state index >= 15 is 0 Å². The quantitative estimate of drug-likeness (QED) is 0.176. The van der Waals surface area contributed by atoms with Crippen molar-refractivity contribution in [3.05, 3.63) is 131 Å². The first-order valence-corrected chi connectivity index (χ1v) is 17.5. The second-order valence-electron chi connectivity index (χ2n) is 11.8. The van der Waals surface area contributed by atoms with Gasteiger partial charge in [0.25, 0.3) is 5.91 Å². The first-order chi connectivity index (χ1) is 23.4. The third-order valence-corrected chi connectivity index (χ3v) is 10.4. The van der Waals surface area contributed by atoms with Gasteiger partial charge in [0, 0.05) is 11.3 Å². The van der Waals surface area contributed by atoms with Crippen LogP contribution in [0.5, 0.6) is 0 Å². The van der Waals surface area contributed by atoms with Crippen molar-refractivity contribution in [2.75, 3.05) is 23.9 Å². The number of benzene rings is 4. The van der Waals surface area contributed by atoms with Crippen LogP contribution in [0.1, 0.15) is 64.3 Å². The standard InChI is InChI=1S/C37H37F3N2O6S/c1-2-49(46,47)32-19-12-27(13-20-32)34(22-43)41-35(44)28-10-16-30(17-11-28)42-31(24-48-23-25-6-4-3-5-7-25)18-21-33(36(42)45)26-8-14-29(15-9-26)37(38,39)40/h3-17,19-20,31,33-34,43H,2,18,21-24H2,1H3,(H,41,44)/t31-,33?,34-/m0/s1. The summed E-state index contributed by atoms with van der Waals surface area (Å²) in [6.07, 6.45) is -3.53. The first kappa shape index (κ1) is 35.8. The Morgan fingerprint density at radius 1 is 0.939 bits per heavy atom. The molecule has 0 spiro atoms. The SMILES string of the molecule is CCS(=O)(=O)c1ccc([C@H](CO)NC(=O)c2ccc(N3C(=O)C(c4ccc(C(F)(F)F)cc4)CC[C@H]3COCc3ccccc3)cc2)cc1. The Bertz CT molecular complexity index is 1830. The molecule has 0 saturated carbocycles. The zero-order chi connectivity index (χ0) is 35.2. The van der Waals surface area contributed by atoms with Gasteiger partial charge in [-0.15, -0.1) is 0 Å². The number of alkyl halides is 3. The first-order valence-electron chi connectivity index (χ1n) is 15.9. The smallest absolute Gasteiger partial charge is 0.394 e. The number of nitrogens with one attached hydrogen (secondary N) is 1. The maximum Gasteiger partial charge on any atom is 0.416 e. The van der Waals surface area contributed by atoms with E-state index in [0.717, 1.165) is 17.7 Å². The summed E-state index contributed by atoms with van der Waals surface area (Å²) in [6.45, 7) is 1.68. The van der Waals surface area contributed by atoms with Gasteiger partial charge in [0.05, 0.1) is 54.0 Å². The average molecular weight is 695 g/mol. The molecule has 4 aromatic carbocycles. The molecule has 0 aliphatic carbocycles. The number of piperidine rings is 1. The van der Waals surface area contributed by atoms with Crippen molar-refractivity contribution in [1.29, 1.82) is 0 Å². The maximum absolute atomic E-state index is 14.0. The van der Waals surface area contributed by atoms with Crippen molar-refractivity contribution >= 4 is 27.3 Å². The molecule has 12 heteroatoms. The molecule has 1 unspecified atom stereocenters. The molecule has 0 radical (unpaired) electrons.